The van der Waals surface area contributed by atoms with Gasteiger partial charge in [0.05, 0.1) is 13.9 Å². The van der Waals surface area contributed by atoms with Gasteiger partial charge in [0.15, 0.2) is 0 Å². The van der Waals surface area contributed by atoms with Crippen LogP contribution in [0.5, 0.6) is 5.75 Å². The Kier molecular flexibility index (Phi) is 4.54. The van der Waals surface area contributed by atoms with Crippen molar-refractivity contribution < 1.29 is 14.5 Å². The van der Waals surface area contributed by atoms with Crippen LogP contribution in [0.25, 0.3) is 0 Å². The number of nitro benzene ring substituents is 1. The normalized spacial score (nSPS) is 17.1. The number of non-ortho nitro benzene ring substituents is 1. The first-order chi connectivity index (χ1) is 9.75. The number of ether oxygens (including phenoxy) is 1. The quantitative estimate of drug-likeness (QED) is 0.536. The number of amides is 1. The highest BCUT2D eigenvalue weighted by atomic mass is 79.9. The Morgan fingerprint density at radius 1 is 1.43 bits per heavy atom. The van der Waals surface area contributed by atoms with Crippen LogP contribution in [0.2, 0.25) is 0 Å². The Morgan fingerprint density at radius 3 is 2.33 bits per heavy atom. The van der Waals surface area contributed by atoms with Crippen LogP contribution in [0.1, 0.15) is 12.8 Å². The Balaban J connectivity index is 2.20. The van der Waals surface area contributed by atoms with Gasteiger partial charge in [0.25, 0.3) is 5.69 Å². The zero-order chi connectivity index (χ0) is 15.8. The van der Waals surface area contributed by atoms with E-state index < -0.39 is 16.4 Å². The number of nitrogens with zero attached hydrogens (tertiary/aromatic N) is 1. The number of benzene rings is 1. The zero-order valence-electron chi connectivity index (χ0n) is 10.8. The molecule has 1 amide bonds. The predicted molar refractivity (Wildman–Crippen MR) is 82.8 cm³/mol. The minimum atomic E-state index is -1.22. The van der Waals surface area contributed by atoms with Gasteiger partial charge in [-0.3, -0.25) is 14.9 Å². The van der Waals surface area contributed by atoms with E-state index in [1.54, 1.807) is 0 Å². The van der Waals surface area contributed by atoms with Crippen molar-refractivity contribution in [2.75, 3.05) is 6.61 Å². The molecule has 0 spiro atoms. The summed E-state index contributed by atoms with van der Waals surface area (Å²) in [5.41, 5.74) is 10.1. The Hall–Kier alpha value is -1.19. The molecule has 114 valence electrons. The Morgan fingerprint density at radius 2 is 1.95 bits per heavy atom. The van der Waals surface area contributed by atoms with Crippen molar-refractivity contribution in [2.45, 2.75) is 18.4 Å². The summed E-state index contributed by atoms with van der Waals surface area (Å²) in [6, 6.07) is 2.64. The number of rotatable bonds is 6. The molecular formula is C12H13Br2N3O4. The molecule has 9 heteroatoms. The van der Waals surface area contributed by atoms with Gasteiger partial charge in [-0.15, -0.1) is 0 Å². The van der Waals surface area contributed by atoms with Gasteiger partial charge in [0.1, 0.15) is 17.9 Å². The first-order valence-electron chi connectivity index (χ1n) is 6.10. The van der Waals surface area contributed by atoms with Crippen molar-refractivity contribution in [3.05, 3.63) is 31.2 Å². The van der Waals surface area contributed by atoms with E-state index in [4.69, 9.17) is 16.2 Å². The maximum absolute atomic E-state index is 11.5. The second-order valence-corrected chi connectivity index (χ2v) is 6.67. The van der Waals surface area contributed by atoms with Crippen molar-refractivity contribution in [3.8, 4) is 5.75 Å². The van der Waals surface area contributed by atoms with Gasteiger partial charge in [-0.2, -0.15) is 0 Å². The SMILES string of the molecule is NC(=O)C(N)(COc1c(Br)cc([N+](=O)[O-])cc1Br)C1CC1. The van der Waals surface area contributed by atoms with Crippen LogP contribution in [-0.2, 0) is 4.79 Å². The van der Waals surface area contributed by atoms with Crippen LogP contribution in [0.4, 0.5) is 5.69 Å². The summed E-state index contributed by atoms with van der Waals surface area (Å²) >= 11 is 6.41. The fourth-order valence-electron chi connectivity index (χ4n) is 1.97. The summed E-state index contributed by atoms with van der Waals surface area (Å²) in [6.45, 7) is -0.0813. The summed E-state index contributed by atoms with van der Waals surface area (Å²) in [6.07, 6.45) is 1.68. The van der Waals surface area contributed by atoms with Crippen molar-refractivity contribution in [3.63, 3.8) is 0 Å². The van der Waals surface area contributed by atoms with E-state index in [0.29, 0.717) is 14.7 Å². The van der Waals surface area contributed by atoms with E-state index in [1.165, 1.54) is 12.1 Å². The molecule has 1 atom stereocenters. The molecule has 1 unspecified atom stereocenters. The predicted octanol–water partition coefficient (Wildman–Crippen LogP) is 2.09. The number of nitrogens with two attached hydrogens (primary N) is 2. The lowest BCUT2D eigenvalue weighted by Gasteiger charge is -2.26. The molecule has 1 aliphatic carbocycles. The van der Waals surface area contributed by atoms with Crippen LogP contribution >= 0.6 is 31.9 Å². The lowest BCUT2D eigenvalue weighted by Crippen LogP contribution is -2.58. The van der Waals surface area contributed by atoms with E-state index in [9.17, 15) is 14.9 Å². The largest absolute Gasteiger partial charge is 0.489 e. The Labute approximate surface area is 137 Å². The molecule has 1 saturated carbocycles. The zero-order valence-corrected chi connectivity index (χ0v) is 14.0. The van der Waals surface area contributed by atoms with Gasteiger partial charge in [0, 0.05) is 12.1 Å². The number of hydrogen-bond acceptors (Lipinski definition) is 5. The van der Waals surface area contributed by atoms with E-state index in [0.717, 1.165) is 12.8 Å². The van der Waals surface area contributed by atoms with Crippen molar-refractivity contribution in [2.24, 2.45) is 17.4 Å². The minimum Gasteiger partial charge on any atom is -0.489 e. The van der Waals surface area contributed by atoms with Gasteiger partial charge in [-0.25, -0.2) is 0 Å². The summed E-state index contributed by atoms with van der Waals surface area (Å²) in [5.74, 6) is -0.248. The van der Waals surface area contributed by atoms with Crippen molar-refractivity contribution in [1.82, 2.24) is 0 Å². The van der Waals surface area contributed by atoms with E-state index in [2.05, 4.69) is 31.9 Å². The maximum atomic E-state index is 11.5. The third kappa shape index (κ3) is 3.35. The van der Waals surface area contributed by atoms with Crippen molar-refractivity contribution in [1.29, 1.82) is 0 Å². The molecule has 0 bridgehead atoms. The fraction of sp³-hybridized carbons (Fsp3) is 0.417. The number of carbonyl (C=O) groups excluding carboxylic acids is 1. The molecule has 1 fully saturated rings. The third-order valence-corrected chi connectivity index (χ3v) is 4.59. The molecule has 2 rings (SSSR count). The van der Waals surface area contributed by atoms with Crippen LogP contribution in [0.3, 0.4) is 0 Å². The molecule has 1 aliphatic rings. The van der Waals surface area contributed by atoms with Gasteiger partial charge in [-0.05, 0) is 50.6 Å². The number of hydrogen-bond donors (Lipinski definition) is 2. The summed E-state index contributed by atoms with van der Waals surface area (Å²) in [5, 5.41) is 10.8. The summed E-state index contributed by atoms with van der Waals surface area (Å²) in [7, 11) is 0. The highest BCUT2D eigenvalue weighted by molar-refractivity contribution is 9.11. The average Bonchev–Trinajstić information content (AvgIpc) is 3.21. The number of halogens is 2. The van der Waals surface area contributed by atoms with Gasteiger partial charge < -0.3 is 16.2 Å². The van der Waals surface area contributed by atoms with Crippen molar-refractivity contribution >= 4 is 43.5 Å². The molecular weight excluding hydrogens is 410 g/mol. The van der Waals surface area contributed by atoms with Gasteiger partial charge in [-0.1, -0.05) is 0 Å². The highest BCUT2D eigenvalue weighted by Gasteiger charge is 2.47. The second-order valence-electron chi connectivity index (χ2n) is 4.96. The lowest BCUT2D eigenvalue weighted by molar-refractivity contribution is -0.385. The van der Waals surface area contributed by atoms with E-state index in [1.807, 2.05) is 0 Å². The molecule has 1 aromatic carbocycles. The molecule has 7 nitrogen and oxygen atoms in total. The molecule has 0 saturated heterocycles. The van der Waals surface area contributed by atoms with Crippen LogP contribution < -0.4 is 16.2 Å². The topological polar surface area (TPSA) is 121 Å². The van der Waals surface area contributed by atoms with E-state index in [-0.39, 0.29) is 18.2 Å². The molecule has 0 heterocycles. The Bertz CT molecular complexity index is 583. The standard InChI is InChI=1S/C12H13Br2N3O4/c13-8-3-7(17(19)20)4-9(14)10(8)21-5-12(16,11(15)18)6-1-2-6/h3-4,6H,1-2,5,16H2,(H2,15,18). The number of nitro groups is 1. The van der Waals surface area contributed by atoms with Gasteiger partial charge in [0.2, 0.25) is 5.91 Å². The molecule has 0 radical (unpaired) electrons. The molecule has 0 aliphatic heterocycles. The minimum absolute atomic E-state index is 0.0191. The number of carbonyl (C=O) groups is 1. The molecule has 0 aromatic heterocycles. The first kappa shape index (κ1) is 16.2. The second kappa shape index (κ2) is 5.90. The van der Waals surface area contributed by atoms with Crippen LogP contribution in [0, 0.1) is 16.0 Å². The number of primary amides is 1. The fourth-order valence-corrected chi connectivity index (χ4v) is 3.36. The average molecular weight is 423 g/mol. The maximum Gasteiger partial charge on any atom is 0.271 e. The van der Waals surface area contributed by atoms with E-state index >= 15 is 0 Å². The van der Waals surface area contributed by atoms with Gasteiger partial charge >= 0.3 is 0 Å². The lowest BCUT2D eigenvalue weighted by atomic mass is 9.95. The molecule has 4 N–H and O–H groups in total. The molecule has 1 aromatic rings. The monoisotopic (exact) mass is 421 g/mol. The first-order valence-corrected chi connectivity index (χ1v) is 7.69. The smallest absolute Gasteiger partial charge is 0.271 e. The third-order valence-electron chi connectivity index (χ3n) is 3.41. The molecule has 21 heavy (non-hydrogen) atoms. The summed E-state index contributed by atoms with van der Waals surface area (Å²) in [4.78, 5) is 21.8. The van der Waals surface area contributed by atoms with Crippen LogP contribution in [-0.4, -0.2) is 23.0 Å². The van der Waals surface area contributed by atoms with Crippen LogP contribution in [0.15, 0.2) is 21.1 Å². The highest BCUT2D eigenvalue weighted by Crippen LogP contribution is 2.41. The summed E-state index contributed by atoms with van der Waals surface area (Å²) < 4.78 is 6.38.